The topological polar surface area (TPSA) is 33.3 Å². The van der Waals surface area contributed by atoms with Crippen LogP contribution in [0, 0.1) is 0 Å². The van der Waals surface area contributed by atoms with Crippen molar-refractivity contribution in [2.75, 3.05) is 6.61 Å². The van der Waals surface area contributed by atoms with Gasteiger partial charge < -0.3 is 33.8 Å². The third kappa shape index (κ3) is 4.23. The molecule has 0 spiro atoms. The molecule has 0 saturated carbocycles. The van der Waals surface area contributed by atoms with Crippen LogP contribution in [0.15, 0.2) is 42.7 Å². The summed E-state index contributed by atoms with van der Waals surface area (Å²) in [6.07, 6.45) is 7.81. The first-order chi connectivity index (χ1) is 9.20. The smallest absolute Gasteiger partial charge is 0.169 e. The molecule has 0 radical (unpaired) electrons. The molecule has 0 atom stereocenters. The van der Waals surface area contributed by atoms with Crippen LogP contribution in [0.3, 0.4) is 0 Å². The standard InChI is InChI=1S/C16H17NO2.HI/c1-3-19-15-6-4-5-14(16(15)18)8-7-13-9-11-17(2)12-10-13;/h4-12H,3H2,1-2H3;1H. The van der Waals surface area contributed by atoms with E-state index in [-0.39, 0.29) is 29.7 Å². The molecule has 0 saturated heterocycles. The van der Waals surface area contributed by atoms with Gasteiger partial charge in [-0.1, -0.05) is 24.3 Å². The van der Waals surface area contributed by atoms with Crippen LogP contribution in [-0.4, -0.2) is 11.7 Å². The minimum absolute atomic E-state index is 0. The Hall–Kier alpha value is -1.56. The molecule has 0 unspecified atom stereocenters. The molecule has 4 heteroatoms. The van der Waals surface area contributed by atoms with Gasteiger partial charge in [-0.3, -0.25) is 0 Å². The Morgan fingerprint density at radius 2 is 1.85 bits per heavy atom. The lowest BCUT2D eigenvalue weighted by atomic mass is 10.1. The van der Waals surface area contributed by atoms with Crippen molar-refractivity contribution < 1.29 is 38.4 Å². The van der Waals surface area contributed by atoms with Crippen LogP contribution in [0.2, 0.25) is 0 Å². The molecular weight excluding hydrogens is 365 g/mol. The van der Waals surface area contributed by atoms with Gasteiger partial charge in [-0.05, 0) is 18.6 Å². The van der Waals surface area contributed by atoms with Gasteiger partial charge in [-0.25, -0.2) is 4.57 Å². The van der Waals surface area contributed by atoms with E-state index in [4.69, 9.17) is 4.74 Å². The van der Waals surface area contributed by atoms with Gasteiger partial charge in [0.05, 0.1) is 6.61 Å². The van der Waals surface area contributed by atoms with Gasteiger partial charge in [-0.15, -0.1) is 0 Å². The molecule has 0 amide bonds. The lowest BCUT2D eigenvalue weighted by Gasteiger charge is -2.07. The molecule has 1 N–H and O–H groups in total. The second-order valence-electron chi connectivity index (χ2n) is 4.26. The van der Waals surface area contributed by atoms with Crippen molar-refractivity contribution in [2.24, 2.45) is 7.05 Å². The van der Waals surface area contributed by atoms with Gasteiger partial charge in [0, 0.05) is 17.7 Å². The van der Waals surface area contributed by atoms with Crippen molar-refractivity contribution in [1.82, 2.24) is 0 Å². The number of hydrogen-bond acceptors (Lipinski definition) is 2. The van der Waals surface area contributed by atoms with Crippen molar-refractivity contribution in [3.63, 3.8) is 0 Å². The van der Waals surface area contributed by atoms with Crippen molar-refractivity contribution in [3.8, 4) is 11.5 Å². The molecule has 1 aromatic heterocycles. The molecule has 0 aliphatic heterocycles. The number of aromatic nitrogens is 1. The third-order valence-electron chi connectivity index (χ3n) is 2.79. The summed E-state index contributed by atoms with van der Waals surface area (Å²) < 4.78 is 7.33. The first-order valence-electron chi connectivity index (χ1n) is 6.29. The number of pyridine rings is 1. The Morgan fingerprint density at radius 3 is 2.50 bits per heavy atom. The summed E-state index contributed by atoms with van der Waals surface area (Å²) in [7, 11) is 1.98. The summed E-state index contributed by atoms with van der Waals surface area (Å²) in [4.78, 5) is 0. The Bertz CT molecular complexity index is 580. The van der Waals surface area contributed by atoms with E-state index in [1.165, 1.54) is 0 Å². The highest BCUT2D eigenvalue weighted by molar-refractivity contribution is 5.73. The van der Waals surface area contributed by atoms with Crippen LogP contribution >= 0.6 is 0 Å². The van der Waals surface area contributed by atoms with Gasteiger partial charge in [-0.2, -0.15) is 0 Å². The number of hydrogen-bond donors (Lipinski definition) is 1. The zero-order valence-corrected chi connectivity index (χ0v) is 13.7. The minimum atomic E-state index is 0. The summed E-state index contributed by atoms with van der Waals surface area (Å²) in [5, 5.41) is 10.1. The lowest BCUT2D eigenvalue weighted by molar-refractivity contribution is -0.671. The molecule has 0 aliphatic rings. The van der Waals surface area contributed by atoms with E-state index in [1.807, 2.05) is 67.3 Å². The van der Waals surface area contributed by atoms with Crippen LogP contribution in [0.25, 0.3) is 12.2 Å². The van der Waals surface area contributed by atoms with Gasteiger partial charge in [0.25, 0.3) is 0 Å². The van der Waals surface area contributed by atoms with E-state index >= 15 is 0 Å². The summed E-state index contributed by atoms with van der Waals surface area (Å²) in [6, 6.07) is 9.52. The first-order valence-corrected chi connectivity index (χ1v) is 6.29. The number of nitrogens with zero attached hydrogens (tertiary/aromatic N) is 1. The van der Waals surface area contributed by atoms with Crippen LogP contribution in [0.4, 0.5) is 0 Å². The van der Waals surface area contributed by atoms with E-state index in [0.717, 1.165) is 11.1 Å². The summed E-state index contributed by atoms with van der Waals surface area (Å²) >= 11 is 0. The second-order valence-corrected chi connectivity index (χ2v) is 4.26. The first kappa shape index (κ1) is 16.5. The zero-order chi connectivity index (χ0) is 13.7. The van der Waals surface area contributed by atoms with Crippen molar-refractivity contribution in [3.05, 3.63) is 53.9 Å². The maximum atomic E-state index is 10.1. The maximum Gasteiger partial charge on any atom is 0.169 e. The molecule has 106 valence electrons. The number of rotatable bonds is 4. The van der Waals surface area contributed by atoms with Gasteiger partial charge >= 0.3 is 0 Å². The summed E-state index contributed by atoms with van der Waals surface area (Å²) in [5.74, 6) is 0.700. The Balaban J connectivity index is 0.00000200. The Morgan fingerprint density at radius 1 is 1.15 bits per heavy atom. The number of phenols is 1. The molecule has 0 fully saturated rings. The number of benzene rings is 1. The quantitative estimate of drug-likeness (QED) is 0.586. The fourth-order valence-corrected chi connectivity index (χ4v) is 1.76. The molecule has 1 aromatic carbocycles. The van der Waals surface area contributed by atoms with E-state index < -0.39 is 0 Å². The van der Waals surface area contributed by atoms with Crippen molar-refractivity contribution in [1.29, 1.82) is 0 Å². The van der Waals surface area contributed by atoms with E-state index in [1.54, 1.807) is 6.07 Å². The minimum Gasteiger partial charge on any atom is -1.00 e. The van der Waals surface area contributed by atoms with Crippen LogP contribution in [0.1, 0.15) is 18.1 Å². The number of aromatic hydroxyl groups is 1. The number of para-hydroxylation sites is 1. The monoisotopic (exact) mass is 383 g/mol. The highest BCUT2D eigenvalue weighted by Crippen LogP contribution is 2.30. The fourth-order valence-electron chi connectivity index (χ4n) is 1.76. The van der Waals surface area contributed by atoms with E-state index in [0.29, 0.717) is 12.4 Å². The van der Waals surface area contributed by atoms with Gasteiger partial charge in [0.2, 0.25) is 0 Å². The van der Waals surface area contributed by atoms with E-state index in [2.05, 4.69) is 0 Å². The van der Waals surface area contributed by atoms with Crippen molar-refractivity contribution >= 4 is 12.2 Å². The predicted molar refractivity (Wildman–Crippen MR) is 75.8 cm³/mol. The summed E-state index contributed by atoms with van der Waals surface area (Å²) in [5.41, 5.74) is 1.83. The molecule has 3 nitrogen and oxygen atoms in total. The lowest BCUT2D eigenvalue weighted by Crippen LogP contribution is -3.00. The zero-order valence-electron chi connectivity index (χ0n) is 11.6. The Labute approximate surface area is 136 Å². The second kappa shape index (κ2) is 7.89. The number of halogens is 1. The molecular formula is C16H18INO2. The van der Waals surface area contributed by atoms with Crippen LogP contribution in [-0.2, 0) is 7.05 Å². The SMILES string of the molecule is CCOc1cccc(/C=C/c2cc[n+](C)cc2)c1O.[I-]. The highest BCUT2D eigenvalue weighted by Gasteiger charge is 2.04. The normalized spacial score (nSPS) is 10.3. The highest BCUT2D eigenvalue weighted by atomic mass is 127. The fraction of sp³-hybridized carbons (Fsp3) is 0.188. The molecule has 0 bridgehead atoms. The Kier molecular flexibility index (Phi) is 6.51. The number of aryl methyl sites for hydroxylation is 1. The summed E-state index contributed by atoms with van der Waals surface area (Å²) in [6.45, 7) is 2.43. The number of ether oxygens (including phenoxy) is 1. The number of phenolic OH excluding ortho intramolecular Hbond substituents is 1. The third-order valence-corrected chi connectivity index (χ3v) is 2.79. The molecule has 1 heterocycles. The largest absolute Gasteiger partial charge is 1.00 e. The van der Waals surface area contributed by atoms with Crippen LogP contribution in [0.5, 0.6) is 11.5 Å². The van der Waals surface area contributed by atoms with Gasteiger partial charge in [0.15, 0.2) is 23.9 Å². The van der Waals surface area contributed by atoms with E-state index in [9.17, 15) is 5.11 Å². The molecule has 0 aliphatic carbocycles. The molecule has 2 rings (SSSR count). The predicted octanol–water partition coefficient (Wildman–Crippen LogP) is -0.210. The molecule has 20 heavy (non-hydrogen) atoms. The van der Waals surface area contributed by atoms with Gasteiger partial charge in [0.1, 0.15) is 7.05 Å². The average Bonchev–Trinajstić information content (AvgIpc) is 2.42. The maximum absolute atomic E-state index is 10.1. The molecule has 2 aromatic rings. The van der Waals surface area contributed by atoms with Crippen LogP contribution < -0.4 is 33.3 Å². The van der Waals surface area contributed by atoms with Crippen molar-refractivity contribution in [2.45, 2.75) is 6.92 Å². The average molecular weight is 383 g/mol.